The molecule has 6 rings (SSSR count). The second-order valence-corrected chi connectivity index (χ2v) is 10.5. The zero-order valence-corrected chi connectivity index (χ0v) is 22.3. The number of ether oxygens (including phenoxy) is 1. The van der Waals surface area contributed by atoms with Crippen molar-refractivity contribution in [1.29, 1.82) is 0 Å². The van der Waals surface area contributed by atoms with E-state index in [9.17, 15) is 4.79 Å². The molecule has 0 radical (unpaired) electrons. The summed E-state index contributed by atoms with van der Waals surface area (Å²) in [5, 5.41) is 12.4. The lowest BCUT2D eigenvalue weighted by molar-refractivity contribution is 0.107. The van der Waals surface area contributed by atoms with Crippen molar-refractivity contribution in [3.8, 4) is 11.7 Å². The lowest BCUT2D eigenvalue weighted by Crippen LogP contribution is -2.49. The molecule has 0 bridgehead atoms. The van der Waals surface area contributed by atoms with Crippen LogP contribution >= 0.6 is 0 Å². The molecule has 11 nitrogen and oxygen atoms in total. The summed E-state index contributed by atoms with van der Waals surface area (Å²) >= 11 is 0. The molecule has 1 unspecified atom stereocenters. The van der Waals surface area contributed by atoms with Gasteiger partial charge in [0.25, 0.3) is 5.56 Å². The van der Waals surface area contributed by atoms with Crippen LogP contribution in [0.5, 0.6) is 5.88 Å². The molecule has 0 saturated carbocycles. The first kappa shape index (κ1) is 24.8. The molecule has 1 aromatic carbocycles. The Morgan fingerprint density at radius 3 is 2.92 bits per heavy atom. The van der Waals surface area contributed by atoms with Crippen LogP contribution in [0.15, 0.2) is 66.2 Å². The average molecular weight is 526 g/mol. The van der Waals surface area contributed by atoms with Gasteiger partial charge in [-0.3, -0.25) is 9.48 Å². The van der Waals surface area contributed by atoms with Crippen molar-refractivity contribution >= 4 is 33.6 Å². The molecule has 39 heavy (non-hydrogen) atoms. The topological polar surface area (TPSA) is 117 Å². The fourth-order valence-corrected chi connectivity index (χ4v) is 5.15. The lowest BCUT2D eigenvalue weighted by atomic mass is 9.91. The van der Waals surface area contributed by atoms with Gasteiger partial charge in [-0.1, -0.05) is 12.1 Å². The van der Waals surface area contributed by atoms with Gasteiger partial charge in [-0.05, 0) is 51.1 Å². The molecule has 0 amide bonds. The number of rotatable bonds is 7. The molecule has 0 aliphatic carbocycles. The van der Waals surface area contributed by atoms with E-state index in [2.05, 4.69) is 41.1 Å². The van der Waals surface area contributed by atoms with E-state index in [0.717, 1.165) is 36.0 Å². The van der Waals surface area contributed by atoms with Gasteiger partial charge in [0.1, 0.15) is 11.5 Å². The van der Waals surface area contributed by atoms with Crippen LogP contribution in [0.1, 0.15) is 26.7 Å². The van der Waals surface area contributed by atoms with Gasteiger partial charge < -0.3 is 15.4 Å². The lowest BCUT2D eigenvalue weighted by Gasteiger charge is -2.36. The monoisotopic (exact) mass is 525 g/mol. The number of nitrogens with one attached hydrogen (secondary N) is 2. The van der Waals surface area contributed by atoms with Crippen LogP contribution < -0.4 is 20.9 Å². The van der Waals surface area contributed by atoms with Crippen LogP contribution in [0, 0.1) is 0 Å². The van der Waals surface area contributed by atoms with Crippen molar-refractivity contribution in [2.24, 2.45) is 7.05 Å². The van der Waals surface area contributed by atoms with E-state index in [1.807, 2.05) is 54.3 Å². The maximum absolute atomic E-state index is 13.3. The number of nitrogens with zero attached hydrogens (tertiary/aromatic N) is 7. The van der Waals surface area contributed by atoms with Crippen LogP contribution in [0.2, 0.25) is 0 Å². The molecule has 1 atom stereocenters. The predicted molar refractivity (Wildman–Crippen MR) is 151 cm³/mol. The Hall–Kier alpha value is -4.51. The quantitative estimate of drug-likeness (QED) is 0.309. The van der Waals surface area contributed by atoms with E-state index in [4.69, 9.17) is 14.7 Å². The maximum atomic E-state index is 13.3. The summed E-state index contributed by atoms with van der Waals surface area (Å²) in [7, 11) is 1.90. The van der Waals surface area contributed by atoms with Gasteiger partial charge in [0.2, 0.25) is 11.8 Å². The van der Waals surface area contributed by atoms with Gasteiger partial charge in [0, 0.05) is 42.3 Å². The number of anilines is 2. The van der Waals surface area contributed by atoms with Crippen LogP contribution in [0.25, 0.3) is 27.8 Å². The normalized spacial score (nSPS) is 16.9. The first-order valence-electron chi connectivity index (χ1n) is 13.0. The molecule has 200 valence electrons. The highest BCUT2D eigenvalue weighted by atomic mass is 16.5. The molecular formula is C28H31N9O2. The Morgan fingerprint density at radius 1 is 1.23 bits per heavy atom. The van der Waals surface area contributed by atoms with Crippen LogP contribution in [-0.4, -0.2) is 52.3 Å². The van der Waals surface area contributed by atoms with Crippen molar-refractivity contribution in [3.05, 3.63) is 71.8 Å². The predicted octanol–water partition coefficient (Wildman–Crippen LogP) is 3.70. The van der Waals surface area contributed by atoms with Crippen molar-refractivity contribution in [3.63, 3.8) is 0 Å². The van der Waals surface area contributed by atoms with Crippen LogP contribution in [0.4, 0.5) is 11.6 Å². The van der Waals surface area contributed by atoms with Gasteiger partial charge in [-0.25, -0.2) is 14.3 Å². The Kier molecular flexibility index (Phi) is 6.15. The molecular weight excluding hydrogens is 494 g/mol. The van der Waals surface area contributed by atoms with Gasteiger partial charge in [0.15, 0.2) is 11.5 Å². The standard InChI is InChI=1S/C28H31N9O2/c1-5-13-36-26(38)21-17-29-27(32-19-9-10-22-18(14-19)16-31-35(22)4)34-25(21)37(36)23-7-6-8-24(33-23)39-20-11-12-30-28(2,3)15-20/h5-10,14,16-17,20,30H,1,11-13,15H2,2-4H3,(H,29,32,34). The molecule has 1 aliphatic heterocycles. The highest BCUT2D eigenvalue weighted by Crippen LogP contribution is 2.25. The van der Waals surface area contributed by atoms with Crippen LogP contribution in [-0.2, 0) is 13.6 Å². The van der Waals surface area contributed by atoms with E-state index >= 15 is 0 Å². The van der Waals surface area contributed by atoms with Gasteiger partial charge in [-0.15, -0.1) is 6.58 Å². The van der Waals surface area contributed by atoms with E-state index in [-0.39, 0.29) is 23.7 Å². The zero-order chi connectivity index (χ0) is 27.1. The summed E-state index contributed by atoms with van der Waals surface area (Å²) in [6, 6.07) is 11.5. The maximum Gasteiger partial charge on any atom is 0.278 e. The van der Waals surface area contributed by atoms with Crippen molar-refractivity contribution in [2.75, 3.05) is 11.9 Å². The van der Waals surface area contributed by atoms with E-state index in [0.29, 0.717) is 28.7 Å². The number of hydrogen-bond donors (Lipinski definition) is 2. The Balaban J connectivity index is 1.38. The Bertz CT molecular complexity index is 1750. The smallest absolute Gasteiger partial charge is 0.278 e. The fourth-order valence-electron chi connectivity index (χ4n) is 5.15. The molecule has 1 aliphatic rings. The molecule has 4 aromatic heterocycles. The van der Waals surface area contributed by atoms with Gasteiger partial charge in [-0.2, -0.15) is 15.1 Å². The number of aryl methyl sites for hydroxylation is 1. The third-order valence-corrected chi connectivity index (χ3v) is 7.00. The van der Waals surface area contributed by atoms with E-state index in [1.165, 1.54) is 0 Å². The first-order valence-corrected chi connectivity index (χ1v) is 13.0. The molecule has 2 N–H and O–H groups in total. The third-order valence-electron chi connectivity index (χ3n) is 7.00. The number of fused-ring (bicyclic) bond motifs is 2. The van der Waals surface area contributed by atoms with E-state index < -0.39 is 0 Å². The minimum Gasteiger partial charge on any atom is -0.474 e. The second kappa shape index (κ2) is 9.66. The third kappa shape index (κ3) is 4.76. The number of hydrogen-bond acceptors (Lipinski definition) is 8. The summed E-state index contributed by atoms with van der Waals surface area (Å²) in [6.45, 7) is 9.35. The molecule has 1 saturated heterocycles. The molecule has 11 heteroatoms. The Morgan fingerprint density at radius 2 is 2.10 bits per heavy atom. The molecule has 5 heterocycles. The average Bonchev–Trinajstić information content (AvgIpc) is 3.40. The summed E-state index contributed by atoms with van der Waals surface area (Å²) in [5.74, 6) is 1.39. The number of allylic oxidation sites excluding steroid dienone is 1. The SMILES string of the molecule is C=CCn1c(=O)c2cnc(Nc3ccc4c(cnn4C)c3)nc2n1-c1cccc(OC2CCNC(C)(C)C2)n1. The highest BCUT2D eigenvalue weighted by molar-refractivity contribution is 5.83. The number of pyridine rings is 1. The molecule has 1 fully saturated rings. The van der Waals surface area contributed by atoms with Crippen molar-refractivity contribution in [1.82, 2.24) is 39.4 Å². The summed E-state index contributed by atoms with van der Waals surface area (Å²) in [5.41, 5.74) is 2.06. The number of piperidine rings is 1. The van der Waals surface area contributed by atoms with Gasteiger partial charge >= 0.3 is 0 Å². The largest absolute Gasteiger partial charge is 0.474 e. The molecule has 0 spiro atoms. The second-order valence-electron chi connectivity index (χ2n) is 10.5. The number of benzene rings is 1. The summed E-state index contributed by atoms with van der Waals surface area (Å²) in [4.78, 5) is 27.3. The summed E-state index contributed by atoms with van der Waals surface area (Å²) in [6.07, 6.45) is 6.85. The summed E-state index contributed by atoms with van der Waals surface area (Å²) < 4.78 is 11.4. The van der Waals surface area contributed by atoms with Crippen LogP contribution in [0.3, 0.4) is 0 Å². The minimum atomic E-state index is -0.221. The number of aromatic nitrogens is 7. The minimum absolute atomic E-state index is 0.00344. The Labute approximate surface area is 225 Å². The van der Waals surface area contributed by atoms with E-state index in [1.54, 1.807) is 21.6 Å². The highest BCUT2D eigenvalue weighted by Gasteiger charge is 2.29. The first-order chi connectivity index (χ1) is 18.8. The zero-order valence-electron chi connectivity index (χ0n) is 22.3. The van der Waals surface area contributed by atoms with Crippen molar-refractivity contribution < 1.29 is 4.74 Å². The van der Waals surface area contributed by atoms with Gasteiger partial charge in [0.05, 0.1) is 18.3 Å². The fraction of sp³-hybridized carbons (Fsp3) is 0.321. The van der Waals surface area contributed by atoms with Crippen molar-refractivity contribution in [2.45, 2.75) is 44.9 Å². The molecule has 5 aromatic rings.